The van der Waals surface area contributed by atoms with Crippen LogP contribution < -0.4 is 0 Å². The molecule has 1 unspecified atom stereocenters. The van der Waals surface area contributed by atoms with Crippen molar-refractivity contribution in [1.29, 1.82) is 0 Å². The molecule has 0 bridgehead atoms. The molecule has 0 saturated carbocycles. The smallest absolute Gasteiger partial charge is 0.225 e. The molecule has 2 aliphatic rings. The molecule has 1 amide bonds. The molecule has 3 heteroatoms. The van der Waals surface area contributed by atoms with Gasteiger partial charge in [-0.2, -0.15) is 0 Å². The zero-order valence-electron chi connectivity index (χ0n) is 13.1. The molecule has 1 spiro atoms. The largest absolute Gasteiger partial charge is 0.342 e. The molecule has 1 atom stereocenters. The number of rotatable bonds is 3. The van der Waals surface area contributed by atoms with E-state index in [2.05, 4.69) is 23.6 Å². The number of carbonyl (C=O) groups is 1. The Kier molecular flexibility index (Phi) is 4.54. The van der Waals surface area contributed by atoms with Crippen LogP contribution in [0.4, 0.5) is 0 Å². The number of amides is 1. The standard InChI is InChI=1S/C16H30N2O/c1-13(2)10-17-8-5-6-16(11-17)7-9-18(12-16)15(19)14(3)4/h13-14H,5-12H2,1-4H3. The van der Waals surface area contributed by atoms with Crippen molar-refractivity contribution >= 4 is 5.91 Å². The van der Waals surface area contributed by atoms with Crippen molar-refractivity contribution in [3.05, 3.63) is 0 Å². The number of hydrogen-bond acceptors (Lipinski definition) is 2. The first-order valence-corrected chi connectivity index (χ1v) is 7.93. The summed E-state index contributed by atoms with van der Waals surface area (Å²) in [5, 5.41) is 0. The molecule has 3 nitrogen and oxygen atoms in total. The predicted molar refractivity (Wildman–Crippen MR) is 79.0 cm³/mol. The second-order valence-electron chi connectivity index (χ2n) is 7.40. The predicted octanol–water partition coefficient (Wildman–Crippen LogP) is 2.61. The van der Waals surface area contributed by atoms with E-state index in [1.54, 1.807) is 0 Å². The zero-order chi connectivity index (χ0) is 14.0. The van der Waals surface area contributed by atoms with Gasteiger partial charge in [-0.25, -0.2) is 0 Å². The summed E-state index contributed by atoms with van der Waals surface area (Å²) in [5.41, 5.74) is 0.400. The molecule has 2 rings (SSSR count). The summed E-state index contributed by atoms with van der Waals surface area (Å²) in [6, 6.07) is 0. The fraction of sp³-hybridized carbons (Fsp3) is 0.938. The van der Waals surface area contributed by atoms with E-state index >= 15 is 0 Å². The van der Waals surface area contributed by atoms with Crippen molar-refractivity contribution in [1.82, 2.24) is 9.80 Å². The molecule has 0 aromatic heterocycles. The third-order valence-electron chi connectivity index (χ3n) is 4.61. The lowest BCUT2D eigenvalue weighted by Gasteiger charge is -2.41. The van der Waals surface area contributed by atoms with Crippen molar-refractivity contribution in [3.8, 4) is 0 Å². The lowest BCUT2D eigenvalue weighted by atomic mass is 9.79. The van der Waals surface area contributed by atoms with E-state index < -0.39 is 0 Å². The van der Waals surface area contributed by atoms with Crippen LogP contribution in [0, 0.1) is 17.3 Å². The Morgan fingerprint density at radius 3 is 2.47 bits per heavy atom. The highest BCUT2D eigenvalue weighted by Crippen LogP contribution is 2.39. The minimum Gasteiger partial charge on any atom is -0.342 e. The van der Waals surface area contributed by atoms with E-state index in [4.69, 9.17) is 0 Å². The Hall–Kier alpha value is -0.570. The van der Waals surface area contributed by atoms with Crippen LogP contribution in [-0.2, 0) is 4.79 Å². The fourth-order valence-corrected chi connectivity index (χ4v) is 3.80. The molecule has 19 heavy (non-hydrogen) atoms. The fourth-order valence-electron chi connectivity index (χ4n) is 3.80. The van der Waals surface area contributed by atoms with Gasteiger partial charge in [0, 0.05) is 37.5 Å². The monoisotopic (exact) mass is 266 g/mol. The molecular weight excluding hydrogens is 236 g/mol. The molecular formula is C16H30N2O. The highest BCUT2D eigenvalue weighted by atomic mass is 16.2. The van der Waals surface area contributed by atoms with E-state index in [-0.39, 0.29) is 5.92 Å². The van der Waals surface area contributed by atoms with Gasteiger partial charge in [-0.1, -0.05) is 27.7 Å². The van der Waals surface area contributed by atoms with Gasteiger partial charge in [-0.15, -0.1) is 0 Å². The Balaban J connectivity index is 1.95. The molecule has 110 valence electrons. The Morgan fingerprint density at radius 2 is 1.84 bits per heavy atom. The summed E-state index contributed by atoms with van der Waals surface area (Å²) >= 11 is 0. The quantitative estimate of drug-likeness (QED) is 0.784. The van der Waals surface area contributed by atoms with Gasteiger partial charge in [-0.05, 0) is 31.7 Å². The average Bonchev–Trinajstić information content (AvgIpc) is 2.71. The first kappa shape index (κ1) is 14.8. The van der Waals surface area contributed by atoms with Crippen LogP contribution in [0.15, 0.2) is 0 Å². The maximum atomic E-state index is 12.1. The van der Waals surface area contributed by atoms with Gasteiger partial charge < -0.3 is 9.80 Å². The van der Waals surface area contributed by atoms with Crippen LogP contribution in [0.3, 0.4) is 0 Å². The lowest BCUT2D eigenvalue weighted by molar-refractivity contribution is -0.134. The summed E-state index contributed by atoms with van der Waals surface area (Å²) in [6.45, 7) is 14.3. The highest BCUT2D eigenvalue weighted by molar-refractivity contribution is 5.78. The van der Waals surface area contributed by atoms with Gasteiger partial charge in [0.25, 0.3) is 0 Å². The molecule has 2 saturated heterocycles. The first-order valence-electron chi connectivity index (χ1n) is 7.93. The second-order valence-corrected chi connectivity index (χ2v) is 7.40. The first-order chi connectivity index (χ1) is 8.92. The molecule has 0 N–H and O–H groups in total. The number of likely N-dealkylation sites (tertiary alicyclic amines) is 2. The number of carbonyl (C=O) groups excluding carboxylic acids is 1. The van der Waals surface area contributed by atoms with Crippen molar-refractivity contribution in [3.63, 3.8) is 0 Å². The van der Waals surface area contributed by atoms with Crippen LogP contribution in [0.25, 0.3) is 0 Å². The summed E-state index contributed by atoms with van der Waals surface area (Å²) in [5.74, 6) is 1.23. The van der Waals surface area contributed by atoms with Crippen molar-refractivity contribution in [2.75, 3.05) is 32.7 Å². The molecule has 2 fully saturated rings. The molecule has 2 aliphatic heterocycles. The third-order valence-corrected chi connectivity index (χ3v) is 4.61. The Morgan fingerprint density at radius 1 is 1.11 bits per heavy atom. The van der Waals surface area contributed by atoms with Crippen LogP contribution in [0.2, 0.25) is 0 Å². The van der Waals surface area contributed by atoms with Gasteiger partial charge in [0.2, 0.25) is 5.91 Å². The Bertz CT molecular complexity index is 327. The number of piperidine rings is 1. The van der Waals surface area contributed by atoms with Crippen LogP contribution in [0.5, 0.6) is 0 Å². The maximum Gasteiger partial charge on any atom is 0.225 e. The van der Waals surface area contributed by atoms with Gasteiger partial charge >= 0.3 is 0 Å². The maximum absolute atomic E-state index is 12.1. The van der Waals surface area contributed by atoms with Crippen molar-refractivity contribution in [2.24, 2.45) is 17.3 Å². The Labute approximate surface area is 118 Å². The van der Waals surface area contributed by atoms with E-state index in [9.17, 15) is 4.79 Å². The van der Waals surface area contributed by atoms with Crippen molar-refractivity contribution in [2.45, 2.75) is 47.0 Å². The van der Waals surface area contributed by atoms with E-state index in [0.29, 0.717) is 11.3 Å². The van der Waals surface area contributed by atoms with Gasteiger partial charge in [0.15, 0.2) is 0 Å². The lowest BCUT2D eigenvalue weighted by Crippen LogP contribution is -2.46. The van der Waals surface area contributed by atoms with Crippen LogP contribution in [0.1, 0.15) is 47.0 Å². The van der Waals surface area contributed by atoms with Crippen molar-refractivity contribution < 1.29 is 4.79 Å². The summed E-state index contributed by atoms with van der Waals surface area (Å²) in [7, 11) is 0. The minimum absolute atomic E-state index is 0.144. The summed E-state index contributed by atoms with van der Waals surface area (Å²) in [4.78, 5) is 16.9. The van der Waals surface area contributed by atoms with Crippen LogP contribution >= 0.6 is 0 Å². The normalized spacial score (nSPS) is 28.8. The molecule has 0 aliphatic carbocycles. The molecule has 0 aromatic rings. The third kappa shape index (κ3) is 3.50. The minimum atomic E-state index is 0.144. The topological polar surface area (TPSA) is 23.6 Å². The number of nitrogens with zero attached hydrogens (tertiary/aromatic N) is 2. The van der Waals surface area contributed by atoms with E-state index in [0.717, 1.165) is 19.0 Å². The van der Waals surface area contributed by atoms with Gasteiger partial charge in [0.05, 0.1) is 0 Å². The second kappa shape index (κ2) is 5.82. The number of hydrogen-bond donors (Lipinski definition) is 0. The highest BCUT2D eigenvalue weighted by Gasteiger charge is 2.42. The zero-order valence-corrected chi connectivity index (χ0v) is 13.1. The summed E-state index contributed by atoms with van der Waals surface area (Å²) < 4.78 is 0. The molecule has 2 heterocycles. The summed E-state index contributed by atoms with van der Waals surface area (Å²) in [6.07, 6.45) is 3.82. The van der Waals surface area contributed by atoms with Crippen LogP contribution in [-0.4, -0.2) is 48.4 Å². The van der Waals surface area contributed by atoms with E-state index in [1.165, 1.54) is 38.9 Å². The van der Waals surface area contributed by atoms with E-state index in [1.807, 2.05) is 13.8 Å². The average molecular weight is 266 g/mol. The molecule has 0 radical (unpaired) electrons. The SMILES string of the molecule is CC(C)CN1CCCC2(CCN(C(=O)C(C)C)C2)C1. The molecule has 0 aromatic carbocycles. The van der Waals surface area contributed by atoms with Gasteiger partial charge in [-0.3, -0.25) is 4.79 Å². The van der Waals surface area contributed by atoms with Gasteiger partial charge in [0.1, 0.15) is 0 Å².